The van der Waals surface area contributed by atoms with Gasteiger partial charge in [0.2, 0.25) is 0 Å². The molecule has 0 aromatic carbocycles. The normalized spacial score (nSPS) is 13.8. The van der Waals surface area contributed by atoms with Crippen molar-refractivity contribution in [3.63, 3.8) is 0 Å². The van der Waals surface area contributed by atoms with Gasteiger partial charge in [0.05, 0.1) is 6.20 Å². The lowest BCUT2D eigenvalue weighted by atomic mass is 10.2. The summed E-state index contributed by atoms with van der Waals surface area (Å²) in [6.45, 7) is 7.98. The van der Waals surface area contributed by atoms with Crippen LogP contribution in [0.3, 0.4) is 0 Å². The molecule has 0 aliphatic rings. The van der Waals surface area contributed by atoms with E-state index < -0.39 is 0 Å². The van der Waals surface area contributed by atoms with Crippen LogP contribution in [0.4, 0.5) is 0 Å². The van der Waals surface area contributed by atoms with Crippen molar-refractivity contribution in [3.05, 3.63) is 18.0 Å². The van der Waals surface area contributed by atoms with Crippen molar-refractivity contribution in [2.75, 3.05) is 13.6 Å². The number of nitrogens with two attached hydrogens (primary N) is 1. The maximum absolute atomic E-state index is 5.62. The van der Waals surface area contributed by atoms with Crippen LogP contribution in [-0.4, -0.2) is 34.3 Å². The highest BCUT2D eigenvalue weighted by Crippen LogP contribution is 2.08. The van der Waals surface area contributed by atoms with Crippen molar-refractivity contribution in [1.29, 1.82) is 0 Å². The van der Waals surface area contributed by atoms with Gasteiger partial charge in [-0.05, 0) is 27.8 Å². The Bertz CT molecular complexity index is 293. The van der Waals surface area contributed by atoms with Gasteiger partial charge in [-0.3, -0.25) is 9.58 Å². The first-order chi connectivity index (χ1) is 7.04. The molecule has 0 aliphatic heterocycles. The molecule has 0 amide bonds. The van der Waals surface area contributed by atoms with Gasteiger partial charge in [-0.1, -0.05) is 0 Å². The molecule has 15 heavy (non-hydrogen) atoms. The first kappa shape index (κ1) is 12.2. The Kier molecular flexibility index (Phi) is 4.29. The van der Waals surface area contributed by atoms with Gasteiger partial charge in [-0.25, -0.2) is 0 Å². The van der Waals surface area contributed by atoms with Gasteiger partial charge >= 0.3 is 0 Å². The lowest BCUT2D eigenvalue weighted by Gasteiger charge is -2.22. The zero-order valence-corrected chi connectivity index (χ0v) is 10.1. The standard InChI is InChI=1S/C11H22N4/c1-9(2)15-8-11(6-13-15)7-14(4)10(3)5-12/h6,8-10H,5,7,12H2,1-4H3. The molecule has 1 aromatic heterocycles. The van der Waals surface area contributed by atoms with E-state index in [1.807, 2.05) is 10.9 Å². The molecule has 2 N–H and O–H groups in total. The summed E-state index contributed by atoms with van der Waals surface area (Å²) < 4.78 is 1.98. The highest BCUT2D eigenvalue weighted by Gasteiger charge is 2.09. The van der Waals surface area contributed by atoms with E-state index >= 15 is 0 Å². The second-order valence-corrected chi connectivity index (χ2v) is 4.42. The third kappa shape index (κ3) is 3.32. The minimum Gasteiger partial charge on any atom is -0.329 e. The summed E-state index contributed by atoms with van der Waals surface area (Å²) in [5, 5.41) is 4.31. The van der Waals surface area contributed by atoms with Crippen molar-refractivity contribution < 1.29 is 0 Å². The molecule has 0 saturated carbocycles. The summed E-state index contributed by atoms with van der Waals surface area (Å²) in [5.74, 6) is 0. The number of aromatic nitrogens is 2. The van der Waals surface area contributed by atoms with Crippen molar-refractivity contribution >= 4 is 0 Å². The van der Waals surface area contributed by atoms with Crippen LogP contribution in [-0.2, 0) is 6.54 Å². The molecule has 0 radical (unpaired) electrons. The first-order valence-electron chi connectivity index (χ1n) is 5.48. The van der Waals surface area contributed by atoms with E-state index in [1.54, 1.807) is 0 Å². The molecule has 0 fully saturated rings. The zero-order valence-electron chi connectivity index (χ0n) is 10.1. The Morgan fingerprint density at radius 1 is 1.47 bits per heavy atom. The van der Waals surface area contributed by atoms with Crippen LogP contribution in [0.15, 0.2) is 12.4 Å². The van der Waals surface area contributed by atoms with E-state index in [4.69, 9.17) is 5.73 Å². The van der Waals surface area contributed by atoms with Crippen LogP contribution in [0.2, 0.25) is 0 Å². The van der Waals surface area contributed by atoms with Gasteiger partial charge in [0.15, 0.2) is 0 Å². The Labute approximate surface area is 92.1 Å². The van der Waals surface area contributed by atoms with Crippen LogP contribution in [0.25, 0.3) is 0 Å². The fourth-order valence-corrected chi connectivity index (χ4v) is 1.37. The van der Waals surface area contributed by atoms with Gasteiger partial charge in [-0.15, -0.1) is 0 Å². The highest BCUT2D eigenvalue weighted by molar-refractivity contribution is 5.04. The summed E-state index contributed by atoms with van der Waals surface area (Å²) >= 11 is 0. The van der Waals surface area contributed by atoms with Crippen LogP contribution in [0, 0.1) is 0 Å². The second kappa shape index (κ2) is 5.28. The first-order valence-corrected chi connectivity index (χ1v) is 5.48. The Morgan fingerprint density at radius 3 is 2.60 bits per heavy atom. The molecule has 4 heteroatoms. The van der Waals surface area contributed by atoms with E-state index in [1.165, 1.54) is 5.56 Å². The van der Waals surface area contributed by atoms with E-state index in [0.29, 0.717) is 18.6 Å². The van der Waals surface area contributed by atoms with E-state index in [2.05, 4.69) is 44.0 Å². The Balaban J connectivity index is 2.57. The third-order valence-corrected chi connectivity index (χ3v) is 2.71. The fraction of sp³-hybridized carbons (Fsp3) is 0.727. The molecule has 86 valence electrons. The van der Waals surface area contributed by atoms with Crippen molar-refractivity contribution in [2.24, 2.45) is 5.73 Å². The molecule has 1 rings (SSSR count). The summed E-state index contributed by atoms with van der Waals surface area (Å²) in [5.41, 5.74) is 6.86. The van der Waals surface area contributed by atoms with E-state index in [-0.39, 0.29) is 0 Å². The quantitative estimate of drug-likeness (QED) is 0.795. The number of likely N-dealkylation sites (N-methyl/N-ethyl adjacent to an activating group) is 1. The number of rotatable bonds is 5. The molecule has 1 aromatic rings. The van der Waals surface area contributed by atoms with Gasteiger partial charge in [-0.2, -0.15) is 5.10 Å². The molecular formula is C11H22N4. The maximum atomic E-state index is 5.62. The van der Waals surface area contributed by atoms with Gasteiger partial charge in [0.25, 0.3) is 0 Å². The Hall–Kier alpha value is -0.870. The maximum Gasteiger partial charge on any atom is 0.0534 e. The van der Waals surface area contributed by atoms with Gasteiger partial charge in [0.1, 0.15) is 0 Å². The van der Waals surface area contributed by atoms with Crippen LogP contribution in [0.5, 0.6) is 0 Å². The summed E-state index contributed by atoms with van der Waals surface area (Å²) in [4.78, 5) is 2.24. The molecule has 0 saturated heterocycles. The molecular weight excluding hydrogens is 188 g/mol. The lowest BCUT2D eigenvalue weighted by Crippen LogP contribution is -2.34. The molecule has 4 nitrogen and oxygen atoms in total. The summed E-state index contributed by atoms with van der Waals surface area (Å²) in [7, 11) is 2.09. The van der Waals surface area contributed by atoms with Crippen LogP contribution in [0.1, 0.15) is 32.4 Å². The second-order valence-electron chi connectivity index (χ2n) is 4.42. The van der Waals surface area contributed by atoms with Crippen LogP contribution >= 0.6 is 0 Å². The van der Waals surface area contributed by atoms with Gasteiger partial charge in [0, 0.05) is 36.9 Å². The zero-order chi connectivity index (χ0) is 11.4. The SMILES string of the molecule is CC(CN)N(C)Cc1cnn(C(C)C)c1. The average Bonchev–Trinajstić information content (AvgIpc) is 2.65. The minimum absolute atomic E-state index is 0.410. The molecule has 0 bridgehead atoms. The van der Waals surface area contributed by atoms with E-state index in [9.17, 15) is 0 Å². The number of hydrogen-bond acceptors (Lipinski definition) is 3. The average molecular weight is 210 g/mol. The third-order valence-electron chi connectivity index (χ3n) is 2.71. The molecule has 0 spiro atoms. The fourth-order valence-electron chi connectivity index (χ4n) is 1.37. The minimum atomic E-state index is 0.410. The topological polar surface area (TPSA) is 47.1 Å². The van der Waals surface area contributed by atoms with Crippen LogP contribution < -0.4 is 5.73 Å². The predicted molar refractivity (Wildman–Crippen MR) is 62.6 cm³/mol. The van der Waals surface area contributed by atoms with Crippen molar-refractivity contribution in [3.8, 4) is 0 Å². The molecule has 1 heterocycles. The summed E-state index contributed by atoms with van der Waals surface area (Å²) in [6.07, 6.45) is 4.03. The molecule has 1 atom stereocenters. The predicted octanol–water partition coefficient (Wildman–Crippen LogP) is 1.24. The number of hydrogen-bond donors (Lipinski definition) is 1. The molecule has 0 aliphatic carbocycles. The van der Waals surface area contributed by atoms with E-state index in [0.717, 1.165) is 6.54 Å². The highest BCUT2D eigenvalue weighted by atomic mass is 15.3. The molecule has 1 unspecified atom stereocenters. The Morgan fingerprint density at radius 2 is 2.13 bits per heavy atom. The largest absolute Gasteiger partial charge is 0.329 e. The van der Waals surface area contributed by atoms with Crippen molar-refractivity contribution in [1.82, 2.24) is 14.7 Å². The van der Waals surface area contributed by atoms with Crippen molar-refractivity contribution in [2.45, 2.75) is 39.4 Å². The monoisotopic (exact) mass is 210 g/mol. The summed E-state index contributed by atoms with van der Waals surface area (Å²) in [6, 6.07) is 0.836. The lowest BCUT2D eigenvalue weighted by molar-refractivity contribution is 0.254. The smallest absolute Gasteiger partial charge is 0.0534 e. The van der Waals surface area contributed by atoms with Gasteiger partial charge < -0.3 is 5.73 Å². The number of nitrogens with zero attached hydrogens (tertiary/aromatic N) is 3.